The highest BCUT2D eigenvalue weighted by Crippen LogP contribution is 2.38. The molecule has 0 atom stereocenters. The first-order chi connectivity index (χ1) is 11.0. The largest absolute Gasteiger partial charge is 0.494 e. The number of aliphatic imine (C=N–C) groups is 1. The smallest absolute Gasteiger partial charge is 0.258 e. The Bertz CT molecular complexity index is 745. The van der Waals surface area contributed by atoms with E-state index in [9.17, 15) is 0 Å². The summed E-state index contributed by atoms with van der Waals surface area (Å²) >= 11 is 4.66. The number of rotatable bonds is 6. The van der Waals surface area contributed by atoms with Crippen LogP contribution in [0, 0.1) is 0 Å². The van der Waals surface area contributed by atoms with Gasteiger partial charge in [-0.15, -0.1) is 0 Å². The summed E-state index contributed by atoms with van der Waals surface area (Å²) in [5, 5.41) is 2.33. The van der Waals surface area contributed by atoms with Crippen LogP contribution in [0.1, 0.15) is 25.3 Å². The Balaban J connectivity index is 2.35. The number of hydrogen-bond acceptors (Lipinski definition) is 8. The van der Waals surface area contributed by atoms with Gasteiger partial charge in [0.2, 0.25) is 0 Å². The van der Waals surface area contributed by atoms with Crippen molar-refractivity contribution in [2.24, 2.45) is 4.99 Å². The summed E-state index contributed by atoms with van der Waals surface area (Å²) in [6.45, 7) is 4.08. The molecule has 0 amide bonds. The highest BCUT2D eigenvalue weighted by Gasteiger charge is 2.15. The van der Waals surface area contributed by atoms with Crippen molar-refractivity contribution < 1.29 is 9.57 Å². The number of anilines is 2. The molecule has 1 heterocycles. The number of benzene rings is 1. The molecule has 0 saturated heterocycles. The summed E-state index contributed by atoms with van der Waals surface area (Å²) < 4.78 is 5.32. The Hall–Kier alpha value is -2.70. The van der Waals surface area contributed by atoms with Gasteiger partial charge in [0.25, 0.3) is 5.95 Å². The molecule has 0 aliphatic heterocycles. The van der Waals surface area contributed by atoms with E-state index in [2.05, 4.69) is 37.8 Å². The summed E-state index contributed by atoms with van der Waals surface area (Å²) in [6, 6.07) is 5.16. The maximum atomic E-state index is 5.62. The minimum Gasteiger partial charge on any atom is -0.494 e. The Labute approximate surface area is 139 Å². The minimum absolute atomic E-state index is 0.202. The van der Waals surface area contributed by atoms with Gasteiger partial charge in [-0.25, -0.2) is 4.98 Å². The third-order valence-corrected chi connectivity index (χ3v) is 3.12. The Morgan fingerprint density at radius 2 is 2.13 bits per heavy atom. The van der Waals surface area contributed by atoms with Crippen molar-refractivity contribution in [1.29, 1.82) is 0 Å². The fourth-order valence-corrected chi connectivity index (χ4v) is 2.03. The SMILES string of the molecule is COc1cc(C(C)C)c(ONc2nccc(N)n2)cc1N=C=S. The first kappa shape index (κ1) is 16.7. The molecule has 1 aromatic carbocycles. The average Bonchev–Trinajstić information content (AvgIpc) is 2.53. The van der Waals surface area contributed by atoms with Crippen LogP contribution in [0.5, 0.6) is 11.5 Å². The normalized spacial score (nSPS) is 10.1. The van der Waals surface area contributed by atoms with Gasteiger partial charge in [0, 0.05) is 17.8 Å². The maximum absolute atomic E-state index is 5.62. The number of hydrogen-bond donors (Lipinski definition) is 2. The van der Waals surface area contributed by atoms with Gasteiger partial charge in [-0.3, -0.25) is 0 Å². The zero-order valence-electron chi connectivity index (χ0n) is 13.0. The highest BCUT2D eigenvalue weighted by molar-refractivity contribution is 7.78. The van der Waals surface area contributed by atoms with Crippen molar-refractivity contribution in [3.8, 4) is 11.5 Å². The average molecular weight is 331 g/mol. The first-order valence-electron chi connectivity index (χ1n) is 6.86. The van der Waals surface area contributed by atoms with Crippen molar-refractivity contribution in [2.45, 2.75) is 19.8 Å². The molecule has 0 fully saturated rings. The second kappa shape index (κ2) is 7.53. The van der Waals surface area contributed by atoms with Gasteiger partial charge in [0.15, 0.2) is 5.75 Å². The number of aromatic nitrogens is 2. The quantitative estimate of drug-likeness (QED) is 0.476. The van der Waals surface area contributed by atoms with Crippen LogP contribution in [-0.2, 0) is 0 Å². The standard InChI is InChI=1S/C15H17N5O2S/c1-9(2)10-6-13(21-3)11(18-8-23)7-12(10)22-20-15-17-5-4-14(16)19-15/h4-7,9H,1-3H3,(H3,16,17,19,20). The molecule has 7 nitrogen and oxygen atoms in total. The molecule has 0 aliphatic rings. The Kier molecular flexibility index (Phi) is 5.46. The molecule has 2 rings (SSSR count). The second-order valence-corrected chi connectivity index (χ2v) is 5.11. The zero-order chi connectivity index (χ0) is 16.8. The Morgan fingerprint density at radius 3 is 2.74 bits per heavy atom. The summed E-state index contributed by atoms with van der Waals surface area (Å²) in [5.74, 6) is 1.97. The van der Waals surface area contributed by atoms with Crippen molar-refractivity contribution in [1.82, 2.24) is 9.97 Å². The lowest BCUT2D eigenvalue weighted by Crippen LogP contribution is -2.10. The number of nitrogens with zero attached hydrogens (tertiary/aromatic N) is 3. The van der Waals surface area contributed by atoms with E-state index in [1.807, 2.05) is 19.9 Å². The van der Waals surface area contributed by atoms with E-state index >= 15 is 0 Å². The monoisotopic (exact) mass is 331 g/mol. The second-order valence-electron chi connectivity index (χ2n) is 4.93. The van der Waals surface area contributed by atoms with Gasteiger partial charge in [-0.2, -0.15) is 15.5 Å². The van der Waals surface area contributed by atoms with E-state index in [0.29, 0.717) is 23.0 Å². The van der Waals surface area contributed by atoms with E-state index in [4.69, 9.17) is 15.3 Å². The lowest BCUT2D eigenvalue weighted by atomic mass is 10.0. The third kappa shape index (κ3) is 4.15. The molecule has 0 spiro atoms. The number of ether oxygens (including phenoxy) is 1. The maximum Gasteiger partial charge on any atom is 0.258 e. The topological polar surface area (TPSA) is 94.7 Å². The molecule has 120 valence electrons. The molecule has 0 unspecified atom stereocenters. The Morgan fingerprint density at radius 1 is 1.35 bits per heavy atom. The number of nitrogens with two attached hydrogens (primary N) is 1. The van der Waals surface area contributed by atoms with Gasteiger partial charge < -0.3 is 15.3 Å². The molecular formula is C15H17N5O2S. The molecule has 1 aromatic heterocycles. The van der Waals surface area contributed by atoms with E-state index in [1.165, 1.54) is 6.20 Å². The predicted octanol–water partition coefficient (Wildman–Crippen LogP) is 3.33. The number of nitrogens with one attached hydrogen (secondary N) is 1. The fraction of sp³-hybridized carbons (Fsp3) is 0.267. The molecular weight excluding hydrogens is 314 g/mol. The molecule has 8 heteroatoms. The van der Waals surface area contributed by atoms with Crippen LogP contribution in [0.4, 0.5) is 17.5 Å². The molecule has 0 bridgehead atoms. The van der Waals surface area contributed by atoms with Crippen molar-refractivity contribution in [2.75, 3.05) is 18.3 Å². The lowest BCUT2D eigenvalue weighted by Gasteiger charge is -2.16. The first-order valence-corrected chi connectivity index (χ1v) is 7.27. The van der Waals surface area contributed by atoms with E-state index in [1.54, 1.807) is 19.2 Å². The van der Waals surface area contributed by atoms with Gasteiger partial charge in [0.05, 0.1) is 12.3 Å². The summed E-state index contributed by atoms with van der Waals surface area (Å²) in [7, 11) is 1.57. The van der Waals surface area contributed by atoms with E-state index in [-0.39, 0.29) is 11.9 Å². The van der Waals surface area contributed by atoms with E-state index in [0.717, 1.165) is 5.56 Å². The van der Waals surface area contributed by atoms with Crippen LogP contribution in [-0.4, -0.2) is 22.2 Å². The van der Waals surface area contributed by atoms with Gasteiger partial charge in [-0.1, -0.05) is 13.8 Å². The van der Waals surface area contributed by atoms with Crippen LogP contribution < -0.4 is 20.8 Å². The van der Waals surface area contributed by atoms with Crippen molar-refractivity contribution in [3.05, 3.63) is 30.0 Å². The molecule has 3 N–H and O–H groups in total. The van der Waals surface area contributed by atoms with Crippen LogP contribution in [0.3, 0.4) is 0 Å². The summed E-state index contributed by atoms with van der Waals surface area (Å²) in [6.07, 6.45) is 1.54. The predicted molar refractivity (Wildman–Crippen MR) is 92.5 cm³/mol. The van der Waals surface area contributed by atoms with Gasteiger partial charge in [0.1, 0.15) is 17.3 Å². The van der Waals surface area contributed by atoms with Crippen molar-refractivity contribution in [3.63, 3.8) is 0 Å². The lowest BCUT2D eigenvalue weighted by molar-refractivity contribution is 0.387. The number of methoxy groups -OCH3 is 1. The van der Waals surface area contributed by atoms with Gasteiger partial charge in [-0.05, 0) is 30.3 Å². The molecule has 0 aliphatic carbocycles. The molecule has 2 aromatic rings. The van der Waals surface area contributed by atoms with Crippen LogP contribution in [0.25, 0.3) is 0 Å². The molecule has 0 radical (unpaired) electrons. The van der Waals surface area contributed by atoms with Gasteiger partial charge >= 0.3 is 0 Å². The minimum atomic E-state index is 0.202. The van der Waals surface area contributed by atoms with E-state index < -0.39 is 0 Å². The summed E-state index contributed by atoms with van der Waals surface area (Å²) in [4.78, 5) is 17.6. The zero-order valence-corrected chi connectivity index (χ0v) is 13.8. The molecule has 0 saturated carbocycles. The number of nitrogen functional groups attached to an aromatic ring is 1. The highest BCUT2D eigenvalue weighted by atomic mass is 32.1. The third-order valence-electron chi connectivity index (χ3n) is 3.03. The molecule has 23 heavy (non-hydrogen) atoms. The van der Waals surface area contributed by atoms with Crippen LogP contribution in [0.2, 0.25) is 0 Å². The van der Waals surface area contributed by atoms with Crippen molar-refractivity contribution >= 4 is 34.8 Å². The fourth-order valence-electron chi connectivity index (χ4n) is 1.93. The van der Waals surface area contributed by atoms with Crippen LogP contribution in [0.15, 0.2) is 29.4 Å². The number of isothiocyanates is 1. The number of thiocarbonyl (C=S) groups is 1. The van der Waals surface area contributed by atoms with Crippen LogP contribution >= 0.6 is 12.2 Å². The summed E-state index contributed by atoms with van der Waals surface area (Å²) in [5.41, 5.74) is 9.74.